The third-order valence-electron chi connectivity index (χ3n) is 4.46. The van der Waals surface area contributed by atoms with Crippen LogP contribution in [0.25, 0.3) is 0 Å². The van der Waals surface area contributed by atoms with E-state index in [1.807, 2.05) is 0 Å². The molecule has 26 heavy (non-hydrogen) atoms. The lowest BCUT2D eigenvalue weighted by molar-refractivity contribution is -0.301. The third kappa shape index (κ3) is 7.07. The second-order valence-electron chi connectivity index (χ2n) is 6.48. The number of hydrogen-bond acceptors (Lipinski definition) is 8. The van der Waals surface area contributed by atoms with E-state index < -0.39 is 37.3 Å². The molecule has 9 heteroatoms. The molecular formula is C17H33NO8. The zero-order chi connectivity index (χ0) is 19.5. The van der Waals surface area contributed by atoms with E-state index in [-0.39, 0.29) is 32.2 Å². The Morgan fingerprint density at radius 1 is 1.04 bits per heavy atom. The van der Waals surface area contributed by atoms with Crippen molar-refractivity contribution in [3.8, 4) is 0 Å². The zero-order valence-corrected chi connectivity index (χ0v) is 15.4. The van der Waals surface area contributed by atoms with Gasteiger partial charge in [0.25, 0.3) is 0 Å². The molecular weight excluding hydrogens is 346 g/mol. The lowest BCUT2D eigenvalue weighted by Gasteiger charge is -2.39. The molecule has 0 spiro atoms. The summed E-state index contributed by atoms with van der Waals surface area (Å²) >= 11 is 0. The van der Waals surface area contributed by atoms with E-state index in [0.717, 1.165) is 25.7 Å². The molecule has 3 unspecified atom stereocenters. The molecule has 0 saturated carbocycles. The molecule has 5 atom stereocenters. The number of aliphatic hydroxyl groups is 5. The number of unbranched alkanes of at least 4 members (excludes halogenated alkanes) is 3. The highest BCUT2D eigenvalue weighted by Gasteiger charge is 2.43. The highest BCUT2D eigenvalue weighted by atomic mass is 16.7. The quantitative estimate of drug-likeness (QED) is 0.261. The molecule has 1 aliphatic rings. The van der Waals surface area contributed by atoms with Crippen LogP contribution in [0.15, 0.2) is 0 Å². The number of aliphatic hydroxyl groups excluding tert-OH is 5. The molecule has 0 aromatic heterocycles. The lowest BCUT2D eigenvalue weighted by Crippen LogP contribution is -2.59. The Labute approximate surface area is 154 Å². The largest absolute Gasteiger partial charge is 0.395 e. The normalized spacial score (nSPS) is 28.9. The second-order valence-corrected chi connectivity index (χ2v) is 6.48. The maximum Gasteiger partial charge on any atom is 0.222 e. The first-order chi connectivity index (χ1) is 12.5. The molecule has 1 amide bonds. The van der Waals surface area contributed by atoms with E-state index in [0.29, 0.717) is 6.42 Å². The Morgan fingerprint density at radius 2 is 1.77 bits per heavy atom. The summed E-state index contributed by atoms with van der Waals surface area (Å²) in [7, 11) is 0. The molecule has 0 aromatic rings. The van der Waals surface area contributed by atoms with E-state index in [1.54, 1.807) is 0 Å². The first-order valence-corrected chi connectivity index (χ1v) is 9.27. The average molecular weight is 379 g/mol. The van der Waals surface area contributed by atoms with Crippen molar-refractivity contribution in [1.82, 2.24) is 4.90 Å². The van der Waals surface area contributed by atoms with Crippen LogP contribution in [0.3, 0.4) is 0 Å². The Hall–Kier alpha value is -0.810. The molecule has 1 fully saturated rings. The van der Waals surface area contributed by atoms with Crippen molar-refractivity contribution in [3.05, 3.63) is 0 Å². The molecule has 0 radical (unpaired) electrons. The van der Waals surface area contributed by atoms with Gasteiger partial charge in [0.2, 0.25) is 5.91 Å². The minimum absolute atomic E-state index is 0.0173. The van der Waals surface area contributed by atoms with Crippen LogP contribution in [0, 0.1) is 0 Å². The average Bonchev–Trinajstić information content (AvgIpc) is 2.64. The van der Waals surface area contributed by atoms with Crippen molar-refractivity contribution in [1.29, 1.82) is 0 Å². The second kappa shape index (κ2) is 12.6. The molecule has 1 saturated heterocycles. The summed E-state index contributed by atoms with van der Waals surface area (Å²) in [5.41, 5.74) is 0. The van der Waals surface area contributed by atoms with Crippen LogP contribution in [0.2, 0.25) is 0 Å². The summed E-state index contributed by atoms with van der Waals surface area (Å²) in [6, 6.07) is 0. The predicted octanol–water partition coefficient (Wildman–Crippen LogP) is -1.41. The number of nitrogens with zero attached hydrogens (tertiary/aromatic N) is 1. The first-order valence-electron chi connectivity index (χ1n) is 9.27. The first kappa shape index (κ1) is 23.2. The van der Waals surface area contributed by atoms with Gasteiger partial charge >= 0.3 is 0 Å². The molecule has 1 rings (SSSR count). The minimum Gasteiger partial charge on any atom is -0.395 e. The van der Waals surface area contributed by atoms with E-state index in [2.05, 4.69) is 6.92 Å². The molecule has 0 aromatic carbocycles. The molecule has 9 nitrogen and oxygen atoms in total. The van der Waals surface area contributed by atoms with Crippen LogP contribution in [-0.2, 0) is 14.3 Å². The fourth-order valence-corrected chi connectivity index (χ4v) is 2.83. The Balaban J connectivity index is 2.44. The van der Waals surface area contributed by atoms with Gasteiger partial charge in [0.15, 0.2) is 6.29 Å². The number of amides is 1. The number of carbonyl (C=O) groups is 1. The maximum absolute atomic E-state index is 12.2. The molecule has 0 aliphatic carbocycles. The van der Waals surface area contributed by atoms with Gasteiger partial charge in [0.05, 0.1) is 19.8 Å². The van der Waals surface area contributed by atoms with E-state index >= 15 is 0 Å². The maximum atomic E-state index is 12.2. The van der Waals surface area contributed by atoms with Crippen molar-refractivity contribution >= 4 is 5.91 Å². The van der Waals surface area contributed by atoms with Crippen LogP contribution in [-0.4, -0.2) is 100.0 Å². The van der Waals surface area contributed by atoms with Gasteiger partial charge in [0.1, 0.15) is 24.4 Å². The van der Waals surface area contributed by atoms with Gasteiger partial charge in [-0.3, -0.25) is 4.79 Å². The minimum atomic E-state index is -1.50. The fraction of sp³-hybridized carbons (Fsp3) is 0.941. The van der Waals surface area contributed by atoms with Gasteiger partial charge in [-0.25, -0.2) is 0 Å². The Morgan fingerprint density at radius 3 is 2.38 bits per heavy atom. The summed E-state index contributed by atoms with van der Waals surface area (Å²) in [5.74, 6) is -0.0763. The smallest absolute Gasteiger partial charge is 0.222 e. The summed E-state index contributed by atoms with van der Waals surface area (Å²) in [6.07, 6.45) is -2.32. The zero-order valence-electron chi connectivity index (χ0n) is 15.4. The molecule has 1 heterocycles. The van der Waals surface area contributed by atoms with Gasteiger partial charge in [-0.15, -0.1) is 0 Å². The molecule has 154 valence electrons. The third-order valence-corrected chi connectivity index (χ3v) is 4.46. The van der Waals surface area contributed by atoms with Crippen LogP contribution >= 0.6 is 0 Å². The van der Waals surface area contributed by atoms with E-state index in [1.165, 1.54) is 4.90 Å². The Bertz CT molecular complexity index is 395. The standard InChI is InChI=1S/C17H33NO8/c1-2-3-4-5-6-13(21)18(7-9-19)8-10-25-17-16(24)15(23)14(22)12(11-20)26-17/h12,14-17,19-20,22-24H,2-11H2,1H3/t12?,14-,15?,16?,17+/m1/s1. The highest BCUT2D eigenvalue weighted by Crippen LogP contribution is 2.21. The van der Waals surface area contributed by atoms with Gasteiger partial charge < -0.3 is 39.9 Å². The summed E-state index contributed by atoms with van der Waals surface area (Å²) < 4.78 is 10.6. The number of hydrogen-bond donors (Lipinski definition) is 5. The molecule has 5 N–H and O–H groups in total. The summed E-state index contributed by atoms with van der Waals surface area (Å²) in [5, 5.41) is 47.6. The van der Waals surface area contributed by atoms with Crippen LogP contribution < -0.4 is 0 Å². The SMILES string of the molecule is CCCCCCC(=O)N(CCO)CCO[C@H]1OC(CO)[C@@H](O)C(O)C1O. The van der Waals surface area contributed by atoms with Crippen molar-refractivity contribution in [3.63, 3.8) is 0 Å². The van der Waals surface area contributed by atoms with Crippen molar-refractivity contribution in [2.75, 3.05) is 32.9 Å². The fourth-order valence-electron chi connectivity index (χ4n) is 2.83. The van der Waals surface area contributed by atoms with Gasteiger partial charge in [-0.1, -0.05) is 26.2 Å². The van der Waals surface area contributed by atoms with Crippen LogP contribution in [0.4, 0.5) is 0 Å². The number of rotatable bonds is 12. The van der Waals surface area contributed by atoms with Gasteiger partial charge in [-0.05, 0) is 6.42 Å². The van der Waals surface area contributed by atoms with Crippen LogP contribution in [0.5, 0.6) is 0 Å². The van der Waals surface area contributed by atoms with E-state index in [4.69, 9.17) is 19.7 Å². The van der Waals surface area contributed by atoms with Crippen molar-refractivity contribution in [2.24, 2.45) is 0 Å². The van der Waals surface area contributed by atoms with Crippen molar-refractivity contribution in [2.45, 2.75) is 69.7 Å². The van der Waals surface area contributed by atoms with Gasteiger partial charge in [-0.2, -0.15) is 0 Å². The van der Waals surface area contributed by atoms with Crippen molar-refractivity contribution < 1.29 is 39.8 Å². The monoisotopic (exact) mass is 379 g/mol. The highest BCUT2D eigenvalue weighted by molar-refractivity contribution is 5.76. The number of ether oxygens (including phenoxy) is 2. The van der Waals surface area contributed by atoms with Crippen LogP contribution in [0.1, 0.15) is 39.0 Å². The molecule has 1 aliphatic heterocycles. The Kier molecular flexibility index (Phi) is 11.2. The molecule has 0 bridgehead atoms. The topological polar surface area (TPSA) is 140 Å². The summed E-state index contributed by atoms with van der Waals surface area (Å²) in [4.78, 5) is 13.7. The van der Waals surface area contributed by atoms with Gasteiger partial charge in [0, 0.05) is 19.5 Å². The summed E-state index contributed by atoms with van der Waals surface area (Å²) in [6.45, 7) is 1.80. The van der Waals surface area contributed by atoms with E-state index in [9.17, 15) is 20.1 Å². The predicted molar refractivity (Wildman–Crippen MR) is 92.1 cm³/mol. The lowest BCUT2D eigenvalue weighted by atomic mass is 9.99. The number of carbonyl (C=O) groups excluding carboxylic acids is 1.